The van der Waals surface area contributed by atoms with Crippen molar-refractivity contribution in [1.29, 1.82) is 0 Å². The highest BCUT2D eigenvalue weighted by molar-refractivity contribution is 6.05. The van der Waals surface area contributed by atoms with Crippen molar-refractivity contribution in [2.75, 3.05) is 5.43 Å². The smallest absolute Gasteiger partial charge is 0.197 e. The Bertz CT molecular complexity index is 984. The maximum atomic E-state index is 5.81. The molecule has 0 aliphatic rings. The fourth-order valence-electron chi connectivity index (χ4n) is 2.28. The maximum absolute atomic E-state index is 5.81. The number of hydrogen-bond acceptors (Lipinski definition) is 6. The number of hydrogen-bond donors (Lipinski definition) is 1. The largest absolute Gasteiger partial charge is 0.460 e. The first-order valence-electron chi connectivity index (χ1n) is 6.79. The Labute approximate surface area is 125 Å². The molecular weight excluding hydrogens is 280 g/mol. The first-order valence-corrected chi connectivity index (χ1v) is 6.79. The third kappa shape index (κ3) is 2.10. The Morgan fingerprint density at radius 1 is 1.09 bits per heavy atom. The van der Waals surface area contributed by atoms with Crippen molar-refractivity contribution in [1.82, 2.24) is 9.97 Å². The molecular formula is C16H12N4O2. The second-order valence-corrected chi connectivity index (χ2v) is 4.82. The van der Waals surface area contributed by atoms with Crippen molar-refractivity contribution >= 4 is 34.1 Å². The van der Waals surface area contributed by atoms with Crippen LogP contribution in [0.5, 0.6) is 0 Å². The molecule has 4 rings (SSSR count). The predicted octanol–water partition coefficient (Wildman–Crippen LogP) is 3.72. The van der Waals surface area contributed by atoms with E-state index in [9.17, 15) is 0 Å². The Morgan fingerprint density at radius 3 is 2.86 bits per heavy atom. The number of rotatable bonds is 3. The summed E-state index contributed by atoms with van der Waals surface area (Å²) in [6, 6.07) is 11.5. The van der Waals surface area contributed by atoms with Crippen LogP contribution in [0, 0.1) is 6.92 Å². The molecule has 22 heavy (non-hydrogen) atoms. The van der Waals surface area contributed by atoms with Crippen molar-refractivity contribution in [3.63, 3.8) is 0 Å². The molecule has 108 valence electrons. The van der Waals surface area contributed by atoms with Crippen LogP contribution in [-0.4, -0.2) is 16.2 Å². The first kappa shape index (κ1) is 12.6. The lowest BCUT2D eigenvalue weighted by molar-refractivity contribution is 0.528. The van der Waals surface area contributed by atoms with Crippen LogP contribution in [0.25, 0.3) is 22.1 Å². The molecule has 6 nitrogen and oxygen atoms in total. The molecule has 0 aliphatic carbocycles. The van der Waals surface area contributed by atoms with Crippen LogP contribution in [0.15, 0.2) is 56.7 Å². The lowest BCUT2D eigenvalue weighted by Crippen LogP contribution is -1.94. The van der Waals surface area contributed by atoms with E-state index >= 15 is 0 Å². The zero-order chi connectivity index (χ0) is 14.9. The molecule has 1 N–H and O–H groups in total. The molecule has 6 heteroatoms. The van der Waals surface area contributed by atoms with Gasteiger partial charge in [-0.3, -0.25) is 5.43 Å². The quantitative estimate of drug-likeness (QED) is 0.460. The molecule has 4 aromatic rings. The summed E-state index contributed by atoms with van der Waals surface area (Å²) in [4.78, 5) is 8.46. The number of aromatic nitrogens is 2. The van der Waals surface area contributed by atoms with Crippen LogP contribution < -0.4 is 5.43 Å². The second kappa shape index (κ2) is 5.00. The van der Waals surface area contributed by atoms with Gasteiger partial charge in [-0.15, -0.1) is 0 Å². The minimum Gasteiger partial charge on any atom is -0.460 e. The normalized spacial score (nSPS) is 11.7. The molecule has 0 saturated heterocycles. The van der Waals surface area contributed by atoms with E-state index in [0.717, 1.165) is 22.2 Å². The van der Waals surface area contributed by atoms with Gasteiger partial charge in [-0.05, 0) is 31.2 Å². The number of nitrogens with one attached hydrogen (secondary N) is 1. The van der Waals surface area contributed by atoms with Gasteiger partial charge in [-0.25, -0.2) is 9.97 Å². The van der Waals surface area contributed by atoms with Crippen LogP contribution in [0.2, 0.25) is 0 Å². The van der Waals surface area contributed by atoms with E-state index in [2.05, 4.69) is 20.5 Å². The lowest BCUT2D eigenvalue weighted by Gasteiger charge is -1.98. The van der Waals surface area contributed by atoms with E-state index in [1.165, 1.54) is 6.33 Å². The molecule has 0 saturated carbocycles. The van der Waals surface area contributed by atoms with E-state index in [-0.39, 0.29) is 0 Å². The number of furan rings is 2. The second-order valence-electron chi connectivity index (χ2n) is 4.82. The van der Waals surface area contributed by atoms with Gasteiger partial charge in [0.05, 0.1) is 6.21 Å². The van der Waals surface area contributed by atoms with Gasteiger partial charge >= 0.3 is 0 Å². The number of aryl methyl sites for hydroxylation is 1. The average Bonchev–Trinajstić information content (AvgIpc) is 3.11. The Kier molecular flexibility index (Phi) is 2.86. The van der Waals surface area contributed by atoms with E-state index in [1.807, 2.05) is 43.3 Å². The number of para-hydroxylation sites is 1. The van der Waals surface area contributed by atoms with Gasteiger partial charge in [0.15, 0.2) is 11.4 Å². The zero-order valence-corrected chi connectivity index (χ0v) is 11.8. The van der Waals surface area contributed by atoms with Crippen molar-refractivity contribution < 1.29 is 8.83 Å². The van der Waals surface area contributed by atoms with Crippen LogP contribution in [0.3, 0.4) is 0 Å². The summed E-state index contributed by atoms with van der Waals surface area (Å²) >= 11 is 0. The minimum atomic E-state index is 0.515. The highest BCUT2D eigenvalue weighted by Gasteiger charge is 2.12. The Hall–Kier alpha value is -3.15. The van der Waals surface area contributed by atoms with Gasteiger partial charge in [0.25, 0.3) is 0 Å². The summed E-state index contributed by atoms with van der Waals surface area (Å²) in [6.45, 7) is 1.88. The highest BCUT2D eigenvalue weighted by Crippen LogP contribution is 2.30. The number of benzene rings is 1. The minimum absolute atomic E-state index is 0.515. The van der Waals surface area contributed by atoms with Gasteiger partial charge in [-0.1, -0.05) is 12.1 Å². The average molecular weight is 292 g/mol. The molecule has 3 heterocycles. The topological polar surface area (TPSA) is 76.5 Å². The summed E-state index contributed by atoms with van der Waals surface area (Å²) in [5, 5.41) is 5.08. The summed E-state index contributed by atoms with van der Waals surface area (Å²) < 4.78 is 11.2. The van der Waals surface area contributed by atoms with E-state index < -0.39 is 0 Å². The Balaban J connectivity index is 1.71. The summed E-state index contributed by atoms with van der Waals surface area (Å²) in [7, 11) is 0. The first-order chi connectivity index (χ1) is 10.8. The molecule has 0 radical (unpaired) electrons. The van der Waals surface area contributed by atoms with Gasteiger partial charge in [-0.2, -0.15) is 5.10 Å². The fraction of sp³-hybridized carbons (Fsp3) is 0.0625. The zero-order valence-electron chi connectivity index (χ0n) is 11.8. The van der Waals surface area contributed by atoms with Crippen LogP contribution in [-0.2, 0) is 0 Å². The molecule has 0 unspecified atom stereocenters. The molecule has 0 aliphatic heterocycles. The summed E-state index contributed by atoms with van der Waals surface area (Å²) in [5.74, 6) is 2.02. The van der Waals surface area contributed by atoms with Crippen LogP contribution in [0.4, 0.5) is 5.82 Å². The molecule has 0 bridgehead atoms. The standard InChI is InChI=1S/C16H12N4O2/c1-10-6-7-11(21-10)8-19-20-16-15-14(17-9-18-16)12-4-2-3-5-13(12)22-15/h2-9H,1H3,(H,17,18,20)/b19-8-. The fourth-order valence-corrected chi connectivity index (χ4v) is 2.28. The third-order valence-electron chi connectivity index (χ3n) is 3.28. The SMILES string of the molecule is Cc1ccc(/C=N\Nc2ncnc3c2oc2ccccc23)o1. The van der Waals surface area contributed by atoms with Gasteiger partial charge in [0, 0.05) is 5.39 Å². The molecule has 0 atom stereocenters. The molecule has 0 fully saturated rings. The van der Waals surface area contributed by atoms with Crippen molar-refractivity contribution in [2.24, 2.45) is 5.10 Å². The van der Waals surface area contributed by atoms with Gasteiger partial charge in [0.2, 0.25) is 0 Å². The Morgan fingerprint density at radius 2 is 2.00 bits per heavy atom. The summed E-state index contributed by atoms with van der Waals surface area (Å²) in [6.07, 6.45) is 3.07. The van der Waals surface area contributed by atoms with Crippen molar-refractivity contribution in [3.8, 4) is 0 Å². The maximum Gasteiger partial charge on any atom is 0.197 e. The van der Waals surface area contributed by atoms with Crippen LogP contribution in [0.1, 0.15) is 11.5 Å². The predicted molar refractivity (Wildman–Crippen MR) is 84.0 cm³/mol. The van der Waals surface area contributed by atoms with E-state index in [1.54, 1.807) is 6.21 Å². The highest BCUT2D eigenvalue weighted by atomic mass is 16.3. The van der Waals surface area contributed by atoms with Crippen molar-refractivity contribution in [3.05, 3.63) is 54.2 Å². The molecule has 3 aromatic heterocycles. The van der Waals surface area contributed by atoms with Gasteiger partial charge in [0.1, 0.15) is 28.9 Å². The number of hydrazone groups is 1. The van der Waals surface area contributed by atoms with Crippen molar-refractivity contribution in [2.45, 2.75) is 6.92 Å². The number of fused-ring (bicyclic) bond motifs is 3. The monoisotopic (exact) mass is 292 g/mol. The number of nitrogens with zero attached hydrogens (tertiary/aromatic N) is 3. The van der Waals surface area contributed by atoms with E-state index in [4.69, 9.17) is 8.83 Å². The van der Waals surface area contributed by atoms with Gasteiger partial charge < -0.3 is 8.83 Å². The lowest BCUT2D eigenvalue weighted by atomic mass is 10.2. The molecule has 1 aromatic carbocycles. The van der Waals surface area contributed by atoms with E-state index in [0.29, 0.717) is 17.2 Å². The third-order valence-corrected chi connectivity index (χ3v) is 3.28. The molecule has 0 amide bonds. The van der Waals surface area contributed by atoms with Crippen LogP contribution >= 0.6 is 0 Å². The number of anilines is 1. The summed E-state index contributed by atoms with van der Waals surface area (Å²) in [5.41, 5.74) is 4.98. The molecule has 0 spiro atoms.